The lowest BCUT2D eigenvalue weighted by Gasteiger charge is -2.32. The van der Waals surface area contributed by atoms with Crippen molar-refractivity contribution in [1.82, 2.24) is 20.7 Å². The van der Waals surface area contributed by atoms with Gasteiger partial charge in [0.2, 0.25) is 5.91 Å². The number of hydrazine groups is 1. The highest BCUT2D eigenvalue weighted by Gasteiger charge is 2.40. The van der Waals surface area contributed by atoms with Crippen LogP contribution >= 0.6 is 0 Å². The van der Waals surface area contributed by atoms with Crippen LogP contribution in [0.4, 0.5) is 0 Å². The van der Waals surface area contributed by atoms with Crippen molar-refractivity contribution < 1.29 is 9.59 Å². The Hall–Kier alpha value is -2.34. The minimum atomic E-state index is -0.215. The SMILES string of the molecule is Cc1ccc(C2CC3C(=O)N(CCC(=O)NC4CCCCC4)C=CN3N2)cc1C. The molecule has 4 rings (SSSR count). The number of carbonyl (C=O) groups excluding carboxylic acids is 2. The lowest BCUT2D eigenvalue weighted by molar-refractivity contribution is -0.134. The minimum Gasteiger partial charge on any atom is -0.353 e. The molecular formula is C23H32N4O2. The number of hydrogen-bond donors (Lipinski definition) is 2. The normalized spacial score (nSPS) is 24.7. The largest absolute Gasteiger partial charge is 0.353 e. The van der Waals surface area contributed by atoms with Crippen molar-refractivity contribution in [2.24, 2.45) is 0 Å². The second kappa shape index (κ2) is 8.57. The zero-order valence-corrected chi connectivity index (χ0v) is 17.5. The van der Waals surface area contributed by atoms with Gasteiger partial charge in [-0.05, 0) is 49.8 Å². The number of fused-ring (bicyclic) bond motifs is 1. The van der Waals surface area contributed by atoms with Crippen molar-refractivity contribution in [3.05, 3.63) is 47.3 Å². The van der Waals surface area contributed by atoms with Crippen LogP contribution in [0.25, 0.3) is 0 Å². The topological polar surface area (TPSA) is 64.7 Å². The van der Waals surface area contributed by atoms with E-state index in [2.05, 4.69) is 42.8 Å². The zero-order valence-electron chi connectivity index (χ0n) is 17.5. The zero-order chi connectivity index (χ0) is 20.4. The van der Waals surface area contributed by atoms with E-state index < -0.39 is 0 Å². The van der Waals surface area contributed by atoms with Crippen molar-refractivity contribution in [1.29, 1.82) is 0 Å². The molecule has 1 aliphatic carbocycles. The second-order valence-electron chi connectivity index (χ2n) is 8.67. The molecule has 1 aromatic rings. The number of benzene rings is 1. The van der Waals surface area contributed by atoms with Gasteiger partial charge in [-0.25, -0.2) is 5.43 Å². The van der Waals surface area contributed by atoms with Crippen molar-refractivity contribution in [2.75, 3.05) is 6.54 Å². The van der Waals surface area contributed by atoms with E-state index >= 15 is 0 Å². The first-order valence-corrected chi connectivity index (χ1v) is 10.9. The highest BCUT2D eigenvalue weighted by atomic mass is 16.2. The highest BCUT2D eigenvalue weighted by molar-refractivity contribution is 5.85. The summed E-state index contributed by atoms with van der Waals surface area (Å²) in [5.74, 6) is 0.120. The second-order valence-corrected chi connectivity index (χ2v) is 8.67. The summed E-state index contributed by atoms with van der Waals surface area (Å²) in [7, 11) is 0. The van der Waals surface area contributed by atoms with Gasteiger partial charge in [0, 0.05) is 31.4 Å². The van der Waals surface area contributed by atoms with E-state index in [9.17, 15) is 9.59 Å². The first-order chi connectivity index (χ1) is 14.0. The molecule has 2 atom stereocenters. The molecular weight excluding hydrogens is 364 g/mol. The minimum absolute atomic E-state index is 0.0538. The standard InChI is InChI=1S/C23H32N4O2/c1-16-8-9-18(14-17(16)2)20-15-21-23(29)26(12-13-27(21)25-20)11-10-22(28)24-19-6-4-3-5-7-19/h8-9,12-14,19-21,25H,3-7,10-11,15H2,1-2H3,(H,24,28). The van der Waals surface area contributed by atoms with Crippen LogP contribution in [-0.2, 0) is 9.59 Å². The molecule has 1 saturated heterocycles. The molecule has 1 saturated carbocycles. The van der Waals surface area contributed by atoms with Gasteiger partial charge in [0.05, 0.1) is 6.04 Å². The van der Waals surface area contributed by atoms with Crippen LogP contribution in [0.2, 0.25) is 0 Å². The Morgan fingerprint density at radius 3 is 2.69 bits per heavy atom. The quantitative estimate of drug-likeness (QED) is 0.803. The molecule has 2 heterocycles. The average molecular weight is 397 g/mol. The third-order valence-corrected chi connectivity index (χ3v) is 6.56. The molecule has 29 heavy (non-hydrogen) atoms. The molecule has 2 unspecified atom stereocenters. The fraction of sp³-hybridized carbons (Fsp3) is 0.565. The van der Waals surface area contributed by atoms with Gasteiger partial charge >= 0.3 is 0 Å². The van der Waals surface area contributed by atoms with E-state index in [1.165, 1.54) is 36.0 Å². The highest BCUT2D eigenvalue weighted by Crippen LogP contribution is 2.31. The number of carbonyl (C=O) groups is 2. The summed E-state index contributed by atoms with van der Waals surface area (Å²) in [6, 6.07) is 6.71. The van der Waals surface area contributed by atoms with E-state index in [1.807, 2.05) is 11.2 Å². The summed E-state index contributed by atoms with van der Waals surface area (Å²) in [5, 5.41) is 5.05. The molecule has 2 aliphatic heterocycles. The third-order valence-electron chi connectivity index (χ3n) is 6.56. The summed E-state index contributed by atoms with van der Waals surface area (Å²) in [4.78, 5) is 27.0. The van der Waals surface area contributed by atoms with Gasteiger partial charge in [0.1, 0.15) is 6.04 Å². The van der Waals surface area contributed by atoms with Crippen LogP contribution < -0.4 is 10.7 Å². The third kappa shape index (κ3) is 4.47. The summed E-state index contributed by atoms with van der Waals surface area (Å²) >= 11 is 0. The van der Waals surface area contributed by atoms with Crippen molar-refractivity contribution in [2.45, 2.75) is 76.9 Å². The lowest BCUT2D eigenvalue weighted by atomic mass is 9.95. The van der Waals surface area contributed by atoms with E-state index in [1.54, 1.807) is 11.1 Å². The van der Waals surface area contributed by atoms with Gasteiger partial charge < -0.3 is 15.2 Å². The Balaban J connectivity index is 1.31. The summed E-state index contributed by atoms with van der Waals surface area (Å²) in [6.07, 6.45) is 10.6. The fourth-order valence-corrected chi connectivity index (χ4v) is 4.59. The maximum absolute atomic E-state index is 13.0. The molecule has 0 radical (unpaired) electrons. The average Bonchev–Trinajstić information content (AvgIpc) is 3.15. The van der Waals surface area contributed by atoms with Gasteiger partial charge in [-0.3, -0.25) is 9.59 Å². The molecule has 1 aromatic carbocycles. The Morgan fingerprint density at radius 2 is 1.93 bits per heavy atom. The van der Waals surface area contributed by atoms with Crippen LogP contribution in [0.15, 0.2) is 30.6 Å². The van der Waals surface area contributed by atoms with Crippen molar-refractivity contribution in [3.8, 4) is 0 Å². The molecule has 6 nitrogen and oxygen atoms in total. The molecule has 0 bridgehead atoms. The first-order valence-electron chi connectivity index (χ1n) is 10.9. The summed E-state index contributed by atoms with van der Waals surface area (Å²) in [5.41, 5.74) is 7.20. The first kappa shape index (κ1) is 20.0. The van der Waals surface area contributed by atoms with Crippen LogP contribution in [0.5, 0.6) is 0 Å². The van der Waals surface area contributed by atoms with E-state index in [4.69, 9.17) is 0 Å². The summed E-state index contributed by atoms with van der Waals surface area (Å²) in [6.45, 7) is 4.66. The van der Waals surface area contributed by atoms with Crippen molar-refractivity contribution in [3.63, 3.8) is 0 Å². The van der Waals surface area contributed by atoms with Gasteiger partial charge in [0.15, 0.2) is 0 Å². The van der Waals surface area contributed by atoms with Crippen LogP contribution in [0.3, 0.4) is 0 Å². The Morgan fingerprint density at radius 1 is 1.14 bits per heavy atom. The van der Waals surface area contributed by atoms with Crippen LogP contribution in [0.1, 0.15) is 67.7 Å². The van der Waals surface area contributed by atoms with Gasteiger partial charge in [0.25, 0.3) is 5.91 Å². The predicted octanol–water partition coefficient (Wildman–Crippen LogP) is 3.08. The number of aryl methyl sites for hydroxylation is 2. The number of nitrogens with one attached hydrogen (secondary N) is 2. The van der Waals surface area contributed by atoms with E-state index in [-0.39, 0.29) is 23.9 Å². The monoisotopic (exact) mass is 396 g/mol. The van der Waals surface area contributed by atoms with Gasteiger partial charge in [-0.1, -0.05) is 37.5 Å². The molecule has 0 aromatic heterocycles. The molecule has 156 valence electrons. The number of hydrogen-bond acceptors (Lipinski definition) is 4. The van der Waals surface area contributed by atoms with Crippen LogP contribution in [-0.4, -0.2) is 40.4 Å². The van der Waals surface area contributed by atoms with E-state index in [0.29, 0.717) is 19.0 Å². The number of nitrogens with zero attached hydrogens (tertiary/aromatic N) is 2. The number of rotatable bonds is 5. The lowest BCUT2D eigenvalue weighted by Crippen LogP contribution is -2.48. The Labute approximate surface area is 173 Å². The van der Waals surface area contributed by atoms with E-state index in [0.717, 1.165) is 19.3 Å². The smallest absolute Gasteiger partial charge is 0.250 e. The Kier molecular flexibility index (Phi) is 5.90. The summed E-state index contributed by atoms with van der Waals surface area (Å²) < 4.78 is 0. The van der Waals surface area contributed by atoms with Gasteiger partial charge in [-0.15, -0.1) is 0 Å². The fourth-order valence-electron chi connectivity index (χ4n) is 4.59. The number of amides is 2. The molecule has 3 aliphatic rings. The predicted molar refractivity (Wildman–Crippen MR) is 113 cm³/mol. The molecule has 2 fully saturated rings. The molecule has 0 spiro atoms. The maximum Gasteiger partial charge on any atom is 0.250 e. The molecule has 6 heteroatoms. The maximum atomic E-state index is 13.0. The molecule has 2 amide bonds. The van der Waals surface area contributed by atoms with Gasteiger partial charge in [-0.2, -0.15) is 0 Å². The molecule has 2 N–H and O–H groups in total. The van der Waals surface area contributed by atoms with Crippen molar-refractivity contribution >= 4 is 11.8 Å². The van der Waals surface area contributed by atoms with Crippen LogP contribution in [0, 0.1) is 13.8 Å². The Bertz CT molecular complexity index is 800.